The first kappa shape index (κ1) is 18.8. The van der Waals surface area contributed by atoms with Crippen LogP contribution >= 0.6 is 0 Å². The summed E-state index contributed by atoms with van der Waals surface area (Å²) >= 11 is 0. The quantitative estimate of drug-likeness (QED) is 0.470. The van der Waals surface area contributed by atoms with Crippen LogP contribution in [0, 0.1) is 0 Å². The van der Waals surface area contributed by atoms with Crippen molar-refractivity contribution in [1.82, 2.24) is 0 Å². The zero-order valence-corrected chi connectivity index (χ0v) is 14.3. The molecule has 6 heteroatoms. The number of ether oxygens (including phenoxy) is 2. The highest BCUT2D eigenvalue weighted by molar-refractivity contribution is 6.21. The molecule has 2 N–H and O–H groups in total. The second-order valence-corrected chi connectivity index (χ2v) is 5.27. The lowest BCUT2D eigenvalue weighted by Crippen LogP contribution is -2.02. The van der Waals surface area contributed by atoms with Gasteiger partial charge in [0.1, 0.15) is 11.5 Å². The van der Waals surface area contributed by atoms with E-state index < -0.39 is 11.9 Å². The van der Waals surface area contributed by atoms with Crippen LogP contribution < -0.4 is 4.74 Å². The SMILES string of the molecule is COC(=O)C=Cc1ccc(C(=Cc2ccc(O)cc2)C(=O)O)c(OC)c1. The molecule has 0 saturated carbocycles. The van der Waals surface area contributed by atoms with Crippen LogP contribution in [-0.2, 0) is 14.3 Å². The lowest BCUT2D eigenvalue weighted by atomic mass is 10.00. The van der Waals surface area contributed by atoms with Gasteiger partial charge in [0.25, 0.3) is 0 Å². The minimum atomic E-state index is -1.12. The normalized spacial score (nSPS) is 11.4. The maximum absolute atomic E-state index is 11.7. The van der Waals surface area contributed by atoms with Gasteiger partial charge in [-0.25, -0.2) is 9.59 Å². The van der Waals surface area contributed by atoms with Crippen LogP contribution in [0.1, 0.15) is 16.7 Å². The van der Waals surface area contributed by atoms with Crippen LogP contribution in [0.3, 0.4) is 0 Å². The van der Waals surface area contributed by atoms with Gasteiger partial charge in [-0.2, -0.15) is 0 Å². The predicted molar refractivity (Wildman–Crippen MR) is 97.7 cm³/mol. The highest BCUT2D eigenvalue weighted by Crippen LogP contribution is 2.30. The Hall–Kier alpha value is -3.54. The predicted octanol–water partition coefficient (Wildman–Crippen LogP) is 3.21. The van der Waals surface area contributed by atoms with Crippen molar-refractivity contribution in [2.45, 2.75) is 0 Å². The number of carboxylic acid groups (broad SMARTS) is 1. The van der Waals surface area contributed by atoms with Crippen molar-refractivity contribution in [3.8, 4) is 11.5 Å². The van der Waals surface area contributed by atoms with Crippen LogP contribution in [-0.4, -0.2) is 36.4 Å². The smallest absolute Gasteiger partial charge is 0.336 e. The van der Waals surface area contributed by atoms with E-state index in [4.69, 9.17) is 4.74 Å². The Kier molecular flexibility index (Phi) is 6.16. The van der Waals surface area contributed by atoms with E-state index in [1.54, 1.807) is 36.4 Å². The van der Waals surface area contributed by atoms with Gasteiger partial charge >= 0.3 is 11.9 Å². The summed E-state index contributed by atoms with van der Waals surface area (Å²) in [5.74, 6) is -1.16. The molecule has 0 unspecified atom stereocenters. The molecule has 0 atom stereocenters. The van der Waals surface area contributed by atoms with Gasteiger partial charge in [-0.15, -0.1) is 0 Å². The molecule has 0 heterocycles. The molecule has 0 fully saturated rings. The third kappa shape index (κ3) is 4.73. The number of carbonyl (C=O) groups is 2. The first-order chi connectivity index (χ1) is 12.4. The van der Waals surface area contributed by atoms with Crippen LogP contribution in [0.5, 0.6) is 11.5 Å². The third-order valence-electron chi connectivity index (χ3n) is 3.56. The second-order valence-electron chi connectivity index (χ2n) is 5.27. The summed E-state index contributed by atoms with van der Waals surface area (Å²) < 4.78 is 9.85. The number of aromatic hydroxyl groups is 1. The lowest BCUT2D eigenvalue weighted by molar-refractivity contribution is -0.134. The number of benzene rings is 2. The number of hydrogen-bond donors (Lipinski definition) is 2. The molecule has 0 aliphatic carbocycles. The number of carbonyl (C=O) groups excluding carboxylic acids is 1. The van der Waals surface area contributed by atoms with Gasteiger partial charge in [-0.1, -0.05) is 18.2 Å². The Morgan fingerprint density at radius 3 is 2.23 bits per heavy atom. The summed E-state index contributed by atoms with van der Waals surface area (Å²) in [4.78, 5) is 22.9. The summed E-state index contributed by atoms with van der Waals surface area (Å²) in [7, 11) is 2.72. The number of methoxy groups -OCH3 is 2. The summed E-state index contributed by atoms with van der Waals surface area (Å²) in [5, 5.41) is 18.9. The fourth-order valence-electron chi connectivity index (χ4n) is 2.26. The van der Waals surface area contributed by atoms with Crippen molar-refractivity contribution < 1.29 is 29.3 Å². The van der Waals surface area contributed by atoms with Gasteiger partial charge in [0.2, 0.25) is 0 Å². The first-order valence-electron chi connectivity index (χ1n) is 7.63. The molecule has 0 radical (unpaired) electrons. The minimum Gasteiger partial charge on any atom is -0.508 e. The monoisotopic (exact) mass is 354 g/mol. The van der Waals surface area contributed by atoms with E-state index in [0.717, 1.165) is 0 Å². The van der Waals surface area contributed by atoms with Crippen molar-refractivity contribution in [1.29, 1.82) is 0 Å². The van der Waals surface area contributed by atoms with Crippen LogP contribution in [0.2, 0.25) is 0 Å². The number of aliphatic carboxylic acids is 1. The number of phenols is 1. The Labute approximate surface area is 150 Å². The van der Waals surface area contributed by atoms with Crippen molar-refractivity contribution in [3.05, 3.63) is 65.2 Å². The van der Waals surface area contributed by atoms with Gasteiger partial charge in [-0.3, -0.25) is 0 Å². The fraction of sp³-hybridized carbons (Fsp3) is 0.100. The van der Waals surface area contributed by atoms with Crippen molar-refractivity contribution in [3.63, 3.8) is 0 Å². The van der Waals surface area contributed by atoms with E-state index in [9.17, 15) is 19.8 Å². The van der Waals surface area contributed by atoms with Crippen LogP contribution in [0.15, 0.2) is 48.5 Å². The molecule has 0 spiro atoms. The molecule has 26 heavy (non-hydrogen) atoms. The molecular weight excluding hydrogens is 336 g/mol. The maximum atomic E-state index is 11.7. The minimum absolute atomic E-state index is 0.0380. The van der Waals surface area contributed by atoms with Gasteiger partial charge in [-0.05, 0) is 47.5 Å². The summed E-state index contributed by atoms with van der Waals surface area (Å²) in [6.45, 7) is 0. The van der Waals surface area contributed by atoms with E-state index in [0.29, 0.717) is 22.4 Å². The van der Waals surface area contributed by atoms with Gasteiger partial charge in [0.05, 0.1) is 19.8 Å². The molecule has 0 saturated heterocycles. The third-order valence-corrected chi connectivity index (χ3v) is 3.56. The van der Waals surface area contributed by atoms with E-state index in [1.807, 2.05) is 0 Å². The number of carboxylic acids is 1. The van der Waals surface area contributed by atoms with Crippen LogP contribution in [0.25, 0.3) is 17.7 Å². The van der Waals surface area contributed by atoms with E-state index in [1.165, 1.54) is 38.5 Å². The standard InChI is InChI=1S/C20H18O6/c1-25-18-12-14(6-10-19(22)26-2)5-9-16(18)17(20(23)24)11-13-3-7-15(21)8-4-13/h3-12,21H,1-2H3,(H,23,24). The van der Waals surface area contributed by atoms with E-state index in [2.05, 4.69) is 4.74 Å². The number of phenolic OH excluding ortho intramolecular Hbond substituents is 1. The molecule has 0 aliphatic rings. The van der Waals surface area contributed by atoms with Crippen molar-refractivity contribution in [2.24, 2.45) is 0 Å². The zero-order chi connectivity index (χ0) is 19.1. The van der Waals surface area contributed by atoms with Gasteiger partial charge in [0, 0.05) is 11.6 Å². The first-order valence-corrected chi connectivity index (χ1v) is 7.63. The largest absolute Gasteiger partial charge is 0.508 e. The number of rotatable bonds is 6. The summed E-state index contributed by atoms with van der Waals surface area (Å²) in [6, 6.07) is 11.1. The summed E-state index contributed by atoms with van der Waals surface area (Å²) in [6.07, 6.45) is 4.30. The molecule has 0 aromatic heterocycles. The molecular formula is C20H18O6. The molecule has 2 aromatic rings. The average molecular weight is 354 g/mol. The molecule has 0 amide bonds. The Bertz CT molecular complexity index is 862. The number of hydrogen-bond acceptors (Lipinski definition) is 5. The molecule has 2 aromatic carbocycles. The highest BCUT2D eigenvalue weighted by atomic mass is 16.5. The topological polar surface area (TPSA) is 93.1 Å². The number of esters is 1. The molecule has 0 aliphatic heterocycles. The lowest BCUT2D eigenvalue weighted by Gasteiger charge is -2.10. The second kappa shape index (κ2) is 8.53. The molecule has 134 valence electrons. The van der Waals surface area contributed by atoms with Gasteiger partial charge < -0.3 is 19.7 Å². The van der Waals surface area contributed by atoms with E-state index in [-0.39, 0.29) is 11.3 Å². The van der Waals surface area contributed by atoms with Crippen molar-refractivity contribution >= 4 is 29.7 Å². The fourth-order valence-corrected chi connectivity index (χ4v) is 2.26. The highest BCUT2D eigenvalue weighted by Gasteiger charge is 2.16. The van der Waals surface area contributed by atoms with Gasteiger partial charge in [0.15, 0.2) is 0 Å². The van der Waals surface area contributed by atoms with Crippen LogP contribution in [0.4, 0.5) is 0 Å². The molecule has 6 nitrogen and oxygen atoms in total. The zero-order valence-electron chi connectivity index (χ0n) is 14.3. The maximum Gasteiger partial charge on any atom is 0.336 e. The Balaban J connectivity index is 2.45. The van der Waals surface area contributed by atoms with E-state index >= 15 is 0 Å². The molecule has 0 bridgehead atoms. The Morgan fingerprint density at radius 1 is 1.00 bits per heavy atom. The Morgan fingerprint density at radius 2 is 1.65 bits per heavy atom. The molecule has 2 rings (SSSR count). The van der Waals surface area contributed by atoms with Crippen molar-refractivity contribution in [2.75, 3.05) is 14.2 Å². The average Bonchev–Trinajstić information content (AvgIpc) is 2.65. The summed E-state index contributed by atoms with van der Waals surface area (Å²) in [5.41, 5.74) is 1.71.